The predicted molar refractivity (Wildman–Crippen MR) is 86.1 cm³/mol. The Balaban J connectivity index is 2.19. The molecule has 0 fully saturated rings. The normalized spacial score (nSPS) is 11.6. The van der Waals surface area contributed by atoms with Gasteiger partial charge in [0.15, 0.2) is 0 Å². The van der Waals surface area contributed by atoms with Crippen molar-refractivity contribution in [3.8, 4) is 0 Å². The van der Waals surface area contributed by atoms with Crippen molar-refractivity contribution >= 4 is 38.3 Å². The molecule has 0 saturated heterocycles. The minimum Gasteiger partial charge on any atom is -0.318 e. The first kappa shape index (κ1) is 16.2. The quantitative estimate of drug-likeness (QED) is 0.692. The molecule has 21 heavy (non-hydrogen) atoms. The molecule has 0 aliphatic rings. The Bertz CT molecular complexity index is 733. The minimum atomic E-state index is -3.73. The number of sulfonamides is 1. The van der Waals surface area contributed by atoms with Crippen LogP contribution in [0.3, 0.4) is 0 Å². The van der Waals surface area contributed by atoms with E-state index in [9.17, 15) is 12.8 Å². The Labute approximate surface area is 135 Å². The van der Waals surface area contributed by atoms with Crippen LogP contribution >= 0.6 is 22.6 Å². The van der Waals surface area contributed by atoms with E-state index >= 15 is 0 Å². The van der Waals surface area contributed by atoms with Gasteiger partial charge in [0.2, 0.25) is 0 Å². The SMILES string of the molecule is CNCCn1cc(S(=O)(=O)Nc2ccc(F)cc2I)cn1. The number of anilines is 1. The summed E-state index contributed by atoms with van der Waals surface area (Å²) in [6, 6.07) is 3.85. The second-order valence-corrected chi connectivity index (χ2v) is 7.12. The summed E-state index contributed by atoms with van der Waals surface area (Å²) in [4.78, 5) is 0.0683. The third-order valence-corrected chi connectivity index (χ3v) is 4.90. The number of halogens is 2. The van der Waals surface area contributed by atoms with Gasteiger partial charge < -0.3 is 5.32 Å². The lowest BCUT2D eigenvalue weighted by atomic mass is 10.3. The fourth-order valence-electron chi connectivity index (χ4n) is 1.61. The number of likely N-dealkylation sites (N-methyl/N-ethyl adjacent to an activating group) is 1. The van der Waals surface area contributed by atoms with Gasteiger partial charge in [0.1, 0.15) is 10.7 Å². The van der Waals surface area contributed by atoms with Gasteiger partial charge in [0, 0.05) is 16.3 Å². The molecule has 0 aliphatic carbocycles. The van der Waals surface area contributed by atoms with Crippen LogP contribution in [0.5, 0.6) is 0 Å². The molecule has 0 spiro atoms. The number of rotatable bonds is 6. The molecule has 0 amide bonds. The highest BCUT2D eigenvalue weighted by molar-refractivity contribution is 14.1. The fraction of sp³-hybridized carbons (Fsp3) is 0.250. The summed E-state index contributed by atoms with van der Waals surface area (Å²) in [6.07, 6.45) is 2.74. The minimum absolute atomic E-state index is 0.0683. The van der Waals surface area contributed by atoms with E-state index in [-0.39, 0.29) is 4.90 Å². The van der Waals surface area contributed by atoms with Crippen LogP contribution in [-0.2, 0) is 16.6 Å². The van der Waals surface area contributed by atoms with Crippen LogP contribution < -0.4 is 10.0 Å². The van der Waals surface area contributed by atoms with E-state index in [1.807, 2.05) is 22.6 Å². The van der Waals surface area contributed by atoms with Crippen molar-refractivity contribution in [2.45, 2.75) is 11.4 Å². The van der Waals surface area contributed by atoms with Gasteiger partial charge in [-0.3, -0.25) is 9.40 Å². The van der Waals surface area contributed by atoms with E-state index in [0.717, 1.165) is 0 Å². The van der Waals surface area contributed by atoms with Gasteiger partial charge in [0.05, 0.1) is 18.4 Å². The van der Waals surface area contributed by atoms with Crippen molar-refractivity contribution in [2.24, 2.45) is 0 Å². The molecule has 2 rings (SSSR count). The third kappa shape index (κ3) is 4.14. The first-order valence-electron chi connectivity index (χ1n) is 6.07. The Kier molecular flexibility index (Phi) is 5.17. The van der Waals surface area contributed by atoms with Crippen molar-refractivity contribution in [3.63, 3.8) is 0 Å². The highest BCUT2D eigenvalue weighted by Crippen LogP contribution is 2.22. The van der Waals surface area contributed by atoms with Crippen molar-refractivity contribution in [1.82, 2.24) is 15.1 Å². The van der Waals surface area contributed by atoms with Crippen LogP contribution in [0.2, 0.25) is 0 Å². The Morgan fingerprint density at radius 1 is 1.43 bits per heavy atom. The first-order valence-corrected chi connectivity index (χ1v) is 8.63. The number of nitrogens with zero attached hydrogens (tertiary/aromatic N) is 2. The number of hydrogen-bond acceptors (Lipinski definition) is 4. The zero-order valence-corrected chi connectivity index (χ0v) is 14.2. The van der Waals surface area contributed by atoms with Crippen LogP contribution in [0.25, 0.3) is 0 Å². The van der Waals surface area contributed by atoms with E-state index in [1.165, 1.54) is 30.6 Å². The van der Waals surface area contributed by atoms with Gasteiger partial charge in [-0.05, 0) is 47.8 Å². The highest BCUT2D eigenvalue weighted by atomic mass is 127. The fourth-order valence-corrected chi connectivity index (χ4v) is 3.43. The summed E-state index contributed by atoms with van der Waals surface area (Å²) >= 11 is 1.87. The van der Waals surface area contributed by atoms with E-state index in [4.69, 9.17) is 0 Å². The van der Waals surface area contributed by atoms with Crippen LogP contribution in [0.1, 0.15) is 0 Å². The van der Waals surface area contributed by atoms with E-state index in [0.29, 0.717) is 22.3 Å². The second kappa shape index (κ2) is 6.71. The Hall–Kier alpha value is -1.20. The molecule has 0 radical (unpaired) electrons. The molecule has 2 N–H and O–H groups in total. The summed E-state index contributed by atoms with van der Waals surface area (Å²) in [7, 11) is -1.93. The lowest BCUT2D eigenvalue weighted by Gasteiger charge is -2.08. The topological polar surface area (TPSA) is 76.0 Å². The van der Waals surface area contributed by atoms with E-state index in [1.54, 1.807) is 11.7 Å². The van der Waals surface area contributed by atoms with E-state index < -0.39 is 15.8 Å². The second-order valence-electron chi connectivity index (χ2n) is 4.27. The lowest BCUT2D eigenvalue weighted by molar-refractivity contribution is 0.582. The molecule has 2 aromatic rings. The monoisotopic (exact) mass is 424 g/mol. The van der Waals surface area contributed by atoms with Crippen molar-refractivity contribution in [2.75, 3.05) is 18.3 Å². The summed E-state index contributed by atoms with van der Waals surface area (Å²) in [5, 5.41) is 6.95. The van der Waals surface area contributed by atoms with Gasteiger partial charge in [-0.2, -0.15) is 5.10 Å². The molecule has 6 nitrogen and oxygen atoms in total. The zero-order chi connectivity index (χ0) is 15.5. The molecule has 0 atom stereocenters. The molecular formula is C12H14FIN4O2S. The van der Waals surface area contributed by atoms with E-state index in [2.05, 4.69) is 15.1 Å². The van der Waals surface area contributed by atoms with Crippen LogP contribution in [0.15, 0.2) is 35.5 Å². The average molecular weight is 424 g/mol. The number of nitrogens with one attached hydrogen (secondary N) is 2. The highest BCUT2D eigenvalue weighted by Gasteiger charge is 2.18. The largest absolute Gasteiger partial charge is 0.318 e. The molecule has 0 saturated carbocycles. The van der Waals surface area contributed by atoms with Crippen molar-refractivity contribution in [1.29, 1.82) is 0 Å². The maximum absolute atomic E-state index is 13.0. The van der Waals surface area contributed by atoms with Gasteiger partial charge in [0.25, 0.3) is 10.0 Å². The number of aromatic nitrogens is 2. The molecule has 0 bridgehead atoms. The number of benzene rings is 1. The predicted octanol–water partition coefficient (Wildman–Crippen LogP) is 1.65. The van der Waals surface area contributed by atoms with Crippen molar-refractivity contribution in [3.05, 3.63) is 40.0 Å². The smallest absolute Gasteiger partial charge is 0.265 e. The Morgan fingerprint density at radius 3 is 2.86 bits per heavy atom. The molecular weight excluding hydrogens is 410 g/mol. The summed E-state index contributed by atoms with van der Waals surface area (Å²) < 4.78 is 42.0. The standard InChI is InChI=1S/C12H14FIN4O2S/c1-15-4-5-18-8-10(7-16-18)21(19,20)17-12-3-2-9(13)6-11(12)14/h2-3,6-8,15,17H,4-5H2,1H3. The number of hydrogen-bond donors (Lipinski definition) is 2. The summed E-state index contributed by atoms with van der Waals surface area (Å²) in [6.45, 7) is 1.25. The molecule has 0 unspecified atom stereocenters. The maximum atomic E-state index is 13.0. The molecule has 1 heterocycles. The summed E-state index contributed by atoms with van der Waals surface area (Å²) in [5.74, 6) is -0.415. The average Bonchev–Trinajstić information content (AvgIpc) is 2.89. The zero-order valence-electron chi connectivity index (χ0n) is 11.2. The van der Waals surface area contributed by atoms with Gasteiger partial charge in [-0.25, -0.2) is 12.8 Å². The molecule has 1 aromatic heterocycles. The van der Waals surface area contributed by atoms with Crippen LogP contribution in [0, 0.1) is 9.39 Å². The lowest BCUT2D eigenvalue weighted by Crippen LogP contribution is -2.15. The third-order valence-electron chi connectivity index (χ3n) is 2.69. The van der Waals surface area contributed by atoms with Gasteiger partial charge in [-0.1, -0.05) is 0 Å². The molecule has 1 aromatic carbocycles. The molecule has 9 heteroatoms. The maximum Gasteiger partial charge on any atom is 0.265 e. The van der Waals surface area contributed by atoms with Crippen LogP contribution in [0.4, 0.5) is 10.1 Å². The van der Waals surface area contributed by atoms with Gasteiger partial charge in [-0.15, -0.1) is 0 Å². The summed E-state index contributed by atoms with van der Waals surface area (Å²) in [5.41, 5.74) is 0.333. The van der Waals surface area contributed by atoms with Crippen LogP contribution in [-0.4, -0.2) is 31.8 Å². The van der Waals surface area contributed by atoms with Crippen molar-refractivity contribution < 1.29 is 12.8 Å². The van der Waals surface area contributed by atoms with Gasteiger partial charge >= 0.3 is 0 Å². The Morgan fingerprint density at radius 2 is 2.19 bits per heavy atom. The molecule has 0 aliphatic heterocycles. The molecule has 114 valence electrons. The first-order chi connectivity index (χ1) is 9.92.